The molecule has 0 bridgehead atoms. The molecule has 1 atom stereocenters. The van der Waals surface area contributed by atoms with Crippen LogP contribution in [-0.4, -0.2) is 47.8 Å². The molecule has 1 aromatic rings. The zero-order valence-corrected chi connectivity index (χ0v) is 12.5. The number of benzene rings is 1. The Morgan fingerprint density at radius 2 is 2.00 bits per heavy atom. The first-order valence-electron chi connectivity index (χ1n) is 6.03. The van der Waals surface area contributed by atoms with Crippen LogP contribution in [0.1, 0.15) is 16.8 Å². The molecule has 0 aliphatic carbocycles. The largest absolute Gasteiger partial charge is 0.496 e. The van der Waals surface area contributed by atoms with Crippen molar-refractivity contribution in [2.24, 2.45) is 0 Å². The molecule has 1 aromatic carbocycles. The molecule has 0 saturated carbocycles. The zero-order chi connectivity index (χ0) is 15.8. The number of carboxylic acids is 1. The Balaban J connectivity index is 2.30. The van der Waals surface area contributed by atoms with Crippen LogP contribution in [0.2, 0.25) is 10.0 Å². The summed E-state index contributed by atoms with van der Waals surface area (Å²) in [5.41, 5.74) is -2.31. The summed E-state index contributed by atoms with van der Waals surface area (Å²) in [5.74, 6) is -1.92. The van der Waals surface area contributed by atoms with Gasteiger partial charge in [-0.3, -0.25) is 4.79 Å². The molecule has 1 aliphatic heterocycles. The average Bonchev–Trinajstić information content (AvgIpc) is 2.84. The number of carbonyl (C=O) groups excluding carboxylic acids is 1. The minimum Gasteiger partial charge on any atom is -0.496 e. The van der Waals surface area contributed by atoms with E-state index in [0.717, 1.165) is 4.90 Å². The van der Waals surface area contributed by atoms with Gasteiger partial charge in [-0.05, 0) is 6.07 Å². The summed E-state index contributed by atoms with van der Waals surface area (Å²) in [4.78, 5) is 24.4. The first kappa shape index (κ1) is 15.9. The van der Waals surface area contributed by atoms with Crippen molar-refractivity contribution < 1.29 is 23.8 Å². The molecule has 1 unspecified atom stereocenters. The Labute approximate surface area is 130 Å². The number of rotatable bonds is 3. The Morgan fingerprint density at radius 3 is 2.52 bits per heavy atom. The number of amides is 1. The highest BCUT2D eigenvalue weighted by molar-refractivity contribution is 6.42. The van der Waals surface area contributed by atoms with Crippen molar-refractivity contribution in [2.75, 3.05) is 20.2 Å². The summed E-state index contributed by atoms with van der Waals surface area (Å²) in [6.45, 7) is -0.504. The lowest BCUT2D eigenvalue weighted by atomic mass is 10.1. The number of ether oxygens (including phenoxy) is 1. The molecule has 0 aromatic heterocycles. The Hall–Kier alpha value is -1.53. The predicted molar refractivity (Wildman–Crippen MR) is 75.0 cm³/mol. The van der Waals surface area contributed by atoms with E-state index in [1.807, 2.05) is 0 Å². The summed E-state index contributed by atoms with van der Waals surface area (Å²) in [7, 11) is 1.36. The van der Waals surface area contributed by atoms with Gasteiger partial charge < -0.3 is 14.7 Å². The van der Waals surface area contributed by atoms with Gasteiger partial charge in [0, 0.05) is 19.0 Å². The maximum atomic E-state index is 14.0. The van der Waals surface area contributed by atoms with Gasteiger partial charge in [0.2, 0.25) is 5.67 Å². The van der Waals surface area contributed by atoms with Gasteiger partial charge in [-0.2, -0.15) is 0 Å². The van der Waals surface area contributed by atoms with E-state index in [2.05, 4.69) is 0 Å². The molecule has 5 nitrogen and oxygen atoms in total. The van der Waals surface area contributed by atoms with Crippen LogP contribution in [0.4, 0.5) is 4.39 Å². The number of halogens is 3. The fourth-order valence-corrected chi connectivity index (χ4v) is 2.47. The quantitative estimate of drug-likeness (QED) is 0.922. The molecule has 1 aliphatic rings. The molecule has 0 spiro atoms. The number of aliphatic carboxylic acids is 1. The number of carboxylic acid groups (broad SMARTS) is 1. The third-order valence-corrected chi connectivity index (χ3v) is 4.08. The van der Waals surface area contributed by atoms with Crippen LogP contribution in [0.5, 0.6) is 5.75 Å². The number of likely N-dealkylation sites (tertiary alicyclic amines) is 1. The molecule has 1 amide bonds. The molecule has 114 valence electrons. The third kappa shape index (κ3) is 2.91. The van der Waals surface area contributed by atoms with Crippen LogP contribution >= 0.6 is 23.2 Å². The summed E-state index contributed by atoms with van der Waals surface area (Å²) in [6, 6.07) is 2.71. The minimum absolute atomic E-state index is 0.00499. The highest BCUT2D eigenvalue weighted by atomic mass is 35.5. The SMILES string of the molecule is COc1cc(Cl)c(Cl)cc1C(=O)N1CCC(F)(C(=O)O)C1. The molecule has 1 heterocycles. The Kier molecular flexibility index (Phi) is 4.30. The van der Waals surface area contributed by atoms with Crippen molar-refractivity contribution in [1.29, 1.82) is 0 Å². The van der Waals surface area contributed by atoms with Gasteiger partial charge in [0.1, 0.15) is 5.75 Å². The normalized spacial score (nSPS) is 21.4. The average molecular weight is 336 g/mol. The molecular formula is C13H12Cl2FNO4. The van der Waals surface area contributed by atoms with Crippen molar-refractivity contribution in [2.45, 2.75) is 12.1 Å². The van der Waals surface area contributed by atoms with E-state index >= 15 is 0 Å². The van der Waals surface area contributed by atoms with Crippen molar-refractivity contribution in [3.8, 4) is 5.75 Å². The molecule has 21 heavy (non-hydrogen) atoms. The molecule has 0 radical (unpaired) electrons. The van der Waals surface area contributed by atoms with Crippen molar-refractivity contribution >= 4 is 35.1 Å². The highest BCUT2D eigenvalue weighted by Gasteiger charge is 2.47. The van der Waals surface area contributed by atoms with E-state index in [0.29, 0.717) is 0 Å². The zero-order valence-electron chi connectivity index (χ0n) is 11.0. The fourth-order valence-electron chi connectivity index (χ4n) is 2.16. The van der Waals surface area contributed by atoms with E-state index in [1.54, 1.807) is 0 Å². The van der Waals surface area contributed by atoms with Crippen molar-refractivity contribution in [1.82, 2.24) is 4.90 Å². The number of carbonyl (C=O) groups is 2. The van der Waals surface area contributed by atoms with Crippen molar-refractivity contribution in [3.63, 3.8) is 0 Å². The van der Waals surface area contributed by atoms with Crippen LogP contribution in [0.15, 0.2) is 12.1 Å². The van der Waals surface area contributed by atoms with Crippen LogP contribution in [0.3, 0.4) is 0 Å². The van der Waals surface area contributed by atoms with Gasteiger partial charge in [-0.1, -0.05) is 23.2 Å². The second-order valence-electron chi connectivity index (χ2n) is 4.71. The Bertz CT molecular complexity index is 610. The van der Waals surface area contributed by atoms with Gasteiger partial charge >= 0.3 is 5.97 Å². The van der Waals surface area contributed by atoms with Crippen LogP contribution in [0.25, 0.3) is 0 Å². The summed E-state index contributed by atoms with van der Waals surface area (Å²) in [5, 5.41) is 9.22. The van der Waals surface area contributed by atoms with Gasteiger partial charge in [0.15, 0.2) is 0 Å². The van der Waals surface area contributed by atoms with E-state index in [9.17, 15) is 14.0 Å². The number of methoxy groups -OCH3 is 1. The minimum atomic E-state index is -2.42. The summed E-state index contributed by atoms with van der Waals surface area (Å²) < 4.78 is 19.1. The van der Waals surface area contributed by atoms with Gasteiger partial charge in [-0.25, -0.2) is 9.18 Å². The second-order valence-corrected chi connectivity index (χ2v) is 5.53. The molecular weight excluding hydrogens is 324 g/mol. The first-order chi connectivity index (χ1) is 9.78. The lowest BCUT2D eigenvalue weighted by molar-refractivity contribution is -0.149. The molecule has 1 fully saturated rings. The monoisotopic (exact) mass is 335 g/mol. The smallest absolute Gasteiger partial charge is 0.343 e. The maximum absolute atomic E-state index is 14.0. The van der Waals surface area contributed by atoms with E-state index in [-0.39, 0.29) is 34.3 Å². The van der Waals surface area contributed by atoms with Crippen LogP contribution < -0.4 is 4.74 Å². The topological polar surface area (TPSA) is 66.8 Å². The second kappa shape index (κ2) is 5.69. The van der Waals surface area contributed by atoms with Gasteiger partial charge in [0.05, 0.1) is 29.3 Å². The molecule has 2 rings (SSSR count). The number of alkyl halides is 1. The molecule has 1 saturated heterocycles. The standard InChI is InChI=1S/C13H12Cl2FNO4/c1-21-10-5-9(15)8(14)4-7(10)11(18)17-3-2-13(16,6-17)12(19)20/h4-5H,2-3,6H2,1H3,(H,19,20). The van der Waals surface area contributed by atoms with E-state index in [4.69, 9.17) is 33.0 Å². The fraction of sp³-hybridized carbons (Fsp3) is 0.385. The lowest BCUT2D eigenvalue weighted by Gasteiger charge is -2.19. The molecule has 1 N–H and O–H groups in total. The Morgan fingerprint density at radius 1 is 1.38 bits per heavy atom. The van der Waals surface area contributed by atoms with Crippen LogP contribution in [-0.2, 0) is 4.79 Å². The van der Waals surface area contributed by atoms with E-state index in [1.165, 1.54) is 19.2 Å². The van der Waals surface area contributed by atoms with E-state index < -0.39 is 24.1 Å². The summed E-state index contributed by atoms with van der Waals surface area (Å²) >= 11 is 11.7. The van der Waals surface area contributed by atoms with Gasteiger partial charge in [-0.15, -0.1) is 0 Å². The number of hydrogen-bond acceptors (Lipinski definition) is 3. The van der Waals surface area contributed by atoms with Gasteiger partial charge in [0.25, 0.3) is 5.91 Å². The van der Waals surface area contributed by atoms with Crippen molar-refractivity contribution in [3.05, 3.63) is 27.7 Å². The maximum Gasteiger partial charge on any atom is 0.343 e. The lowest BCUT2D eigenvalue weighted by Crippen LogP contribution is -2.39. The van der Waals surface area contributed by atoms with Crippen LogP contribution in [0, 0.1) is 0 Å². The first-order valence-corrected chi connectivity index (χ1v) is 6.78. The molecule has 8 heteroatoms. The third-order valence-electron chi connectivity index (χ3n) is 3.36. The number of hydrogen-bond donors (Lipinski definition) is 1. The highest BCUT2D eigenvalue weighted by Crippen LogP contribution is 2.33. The predicted octanol–water partition coefficient (Wildman–Crippen LogP) is 2.64. The summed E-state index contributed by atoms with van der Waals surface area (Å²) in [6.07, 6.45) is -0.252. The number of nitrogens with zero attached hydrogens (tertiary/aromatic N) is 1.